The highest BCUT2D eigenvalue weighted by Gasteiger charge is 2.41. The lowest BCUT2D eigenvalue weighted by atomic mass is 9.95. The van der Waals surface area contributed by atoms with E-state index in [1.165, 1.54) is 11.8 Å². The number of carboxylic acid groups (broad SMARTS) is 1. The zero-order chi connectivity index (χ0) is 18.4. The molecule has 0 saturated carbocycles. The van der Waals surface area contributed by atoms with Crippen LogP contribution in [0.3, 0.4) is 0 Å². The van der Waals surface area contributed by atoms with E-state index in [2.05, 4.69) is 12.2 Å². The summed E-state index contributed by atoms with van der Waals surface area (Å²) in [4.78, 5) is 38.5. The molecule has 146 valence electrons. The van der Waals surface area contributed by atoms with Gasteiger partial charge in [-0.1, -0.05) is 13.3 Å². The highest BCUT2D eigenvalue weighted by molar-refractivity contribution is 5.85. The molecule has 0 aromatic rings. The molecule has 8 heteroatoms. The number of nitrogens with one attached hydrogen (secondary N) is 1. The van der Waals surface area contributed by atoms with Gasteiger partial charge in [0.25, 0.3) is 0 Å². The fraction of sp³-hybridized carbons (Fsp3) is 0.824. The Kier molecular flexibility index (Phi) is 10.0. The predicted octanol–water partition coefficient (Wildman–Crippen LogP) is 1.21. The van der Waals surface area contributed by atoms with Crippen LogP contribution in [0.15, 0.2) is 0 Å². The third-order valence-electron chi connectivity index (χ3n) is 4.75. The Morgan fingerprint density at radius 2 is 1.92 bits per heavy atom. The highest BCUT2D eigenvalue weighted by Crippen LogP contribution is 2.27. The smallest absolute Gasteiger partial charge is 0.320 e. The summed E-state index contributed by atoms with van der Waals surface area (Å²) in [6, 6.07) is -0.664. The Morgan fingerprint density at radius 3 is 2.36 bits per heavy atom. The van der Waals surface area contributed by atoms with E-state index < -0.39 is 12.0 Å². The Balaban J connectivity index is 0.00000576. The number of amides is 2. The molecule has 1 heterocycles. The van der Waals surface area contributed by atoms with E-state index in [0.29, 0.717) is 19.5 Å². The van der Waals surface area contributed by atoms with Crippen molar-refractivity contribution < 1.29 is 19.5 Å². The molecule has 0 bridgehead atoms. The summed E-state index contributed by atoms with van der Waals surface area (Å²) in [5.41, 5.74) is 0. The van der Waals surface area contributed by atoms with Crippen LogP contribution in [0.1, 0.15) is 40.0 Å². The summed E-state index contributed by atoms with van der Waals surface area (Å²) >= 11 is 0. The zero-order valence-corrected chi connectivity index (χ0v) is 16.6. The number of nitrogens with zero attached hydrogens (tertiary/aromatic N) is 2. The number of carbonyl (C=O) groups excluding carboxylic acids is 2. The van der Waals surface area contributed by atoms with Gasteiger partial charge in [0, 0.05) is 40.2 Å². The molecule has 4 atom stereocenters. The lowest BCUT2D eigenvalue weighted by Gasteiger charge is -2.31. The number of likely N-dealkylation sites (tertiary alicyclic amines) is 1. The molecule has 0 aliphatic carbocycles. The summed E-state index contributed by atoms with van der Waals surface area (Å²) < 4.78 is 0. The van der Waals surface area contributed by atoms with E-state index in [-0.39, 0.29) is 42.1 Å². The molecule has 0 aromatic heterocycles. The molecule has 0 aromatic carbocycles. The second-order valence-corrected chi connectivity index (χ2v) is 7.01. The van der Waals surface area contributed by atoms with Crippen LogP contribution in [-0.2, 0) is 14.4 Å². The molecule has 2 N–H and O–H groups in total. The number of carboxylic acids is 1. The van der Waals surface area contributed by atoms with Crippen molar-refractivity contribution in [2.45, 2.75) is 52.1 Å². The molecule has 7 nitrogen and oxygen atoms in total. The van der Waals surface area contributed by atoms with Crippen molar-refractivity contribution in [3.05, 3.63) is 0 Å². The van der Waals surface area contributed by atoms with Gasteiger partial charge in [-0.05, 0) is 25.7 Å². The monoisotopic (exact) mass is 377 g/mol. The first kappa shape index (κ1) is 23.7. The van der Waals surface area contributed by atoms with Crippen LogP contribution in [0.2, 0.25) is 0 Å². The minimum absolute atomic E-state index is 0. The summed E-state index contributed by atoms with van der Waals surface area (Å²) in [7, 11) is 3.39. The van der Waals surface area contributed by atoms with Crippen LogP contribution in [0.4, 0.5) is 0 Å². The Morgan fingerprint density at radius 1 is 1.32 bits per heavy atom. The molecular weight excluding hydrogens is 346 g/mol. The van der Waals surface area contributed by atoms with Gasteiger partial charge in [-0.3, -0.25) is 19.3 Å². The predicted molar refractivity (Wildman–Crippen MR) is 98.7 cm³/mol. The van der Waals surface area contributed by atoms with E-state index in [9.17, 15) is 19.5 Å². The van der Waals surface area contributed by atoms with Crippen LogP contribution in [0.25, 0.3) is 0 Å². The zero-order valence-electron chi connectivity index (χ0n) is 15.8. The molecule has 0 radical (unpaired) electrons. The maximum absolute atomic E-state index is 12.2. The molecule has 1 aliphatic rings. The van der Waals surface area contributed by atoms with Gasteiger partial charge in [0.15, 0.2) is 0 Å². The van der Waals surface area contributed by atoms with Gasteiger partial charge in [-0.25, -0.2) is 0 Å². The molecule has 0 spiro atoms. The third-order valence-corrected chi connectivity index (χ3v) is 4.75. The summed E-state index contributed by atoms with van der Waals surface area (Å²) in [5.74, 6) is -1.11. The fourth-order valence-electron chi connectivity index (χ4n) is 3.52. The second-order valence-electron chi connectivity index (χ2n) is 7.01. The van der Waals surface area contributed by atoms with Gasteiger partial charge in [0.1, 0.15) is 6.04 Å². The number of rotatable bonds is 8. The van der Waals surface area contributed by atoms with Gasteiger partial charge in [0.2, 0.25) is 11.8 Å². The highest BCUT2D eigenvalue weighted by atomic mass is 35.5. The molecule has 1 fully saturated rings. The normalized spacial score (nSPS) is 22.6. The largest absolute Gasteiger partial charge is 0.480 e. The number of halogens is 1. The third kappa shape index (κ3) is 6.82. The standard InChI is InChI=1S/C17H31N3O4.ClH/c1-6-7-13(11(2)18-12(3)21)9-20-10-14(16(22)19(4)5)8-15(20)17(23)24;/h11,13-15H,6-10H2,1-5H3,(H,18,21)(H,23,24);1H/t11?,13?,14-,15-;/m1./s1. The van der Waals surface area contributed by atoms with Crippen molar-refractivity contribution >= 4 is 30.2 Å². The van der Waals surface area contributed by atoms with E-state index in [1.54, 1.807) is 14.1 Å². The van der Waals surface area contributed by atoms with Crippen LogP contribution in [-0.4, -0.2) is 72.0 Å². The van der Waals surface area contributed by atoms with Gasteiger partial charge >= 0.3 is 5.97 Å². The Hall–Kier alpha value is -1.34. The average molecular weight is 378 g/mol. The second kappa shape index (κ2) is 10.6. The quantitative estimate of drug-likeness (QED) is 0.663. The van der Waals surface area contributed by atoms with Crippen molar-refractivity contribution in [1.82, 2.24) is 15.1 Å². The minimum atomic E-state index is -0.883. The Labute approximate surface area is 156 Å². The van der Waals surface area contributed by atoms with Crippen LogP contribution in [0.5, 0.6) is 0 Å². The van der Waals surface area contributed by atoms with Crippen molar-refractivity contribution in [3.8, 4) is 0 Å². The van der Waals surface area contributed by atoms with Crippen molar-refractivity contribution in [2.24, 2.45) is 11.8 Å². The van der Waals surface area contributed by atoms with E-state index in [1.807, 2.05) is 11.8 Å². The molecular formula is C17H32ClN3O4. The van der Waals surface area contributed by atoms with Gasteiger partial charge in [0.05, 0.1) is 5.92 Å². The van der Waals surface area contributed by atoms with Gasteiger partial charge < -0.3 is 15.3 Å². The van der Waals surface area contributed by atoms with Crippen molar-refractivity contribution in [3.63, 3.8) is 0 Å². The van der Waals surface area contributed by atoms with Crippen LogP contribution >= 0.6 is 12.4 Å². The molecule has 1 rings (SSSR count). The van der Waals surface area contributed by atoms with Crippen LogP contribution < -0.4 is 5.32 Å². The molecule has 1 saturated heterocycles. The summed E-state index contributed by atoms with van der Waals surface area (Å²) in [6.07, 6.45) is 2.20. The van der Waals surface area contributed by atoms with E-state index in [4.69, 9.17) is 0 Å². The molecule has 2 amide bonds. The topological polar surface area (TPSA) is 90.0 Å². The number of carbonyl (C=O) groups is 3. The van der Waals surface area contributed by atoms with E-state index in [0.717, 1.165) is 12.8 Å². The van der Waals surface area contributed by atoms with E-state index >= 15 is 0 Å². The maximum atomic E-state index is 12.2. The minimum Gasteiger partial charge on any atom is -0.480 e. The first-order chi connectivity index (χ1) is 11.2. The van der Waals surface area contributed by atoms with Gasteiger partial charge in [-0.2, -0.15) is 0 Å². The first-order valence-electron chi connectivity index (χ1n) is 8.62. The number of hydrogen-bond donors (Lipinski definition) is 2. The van der Waals surface area contributed by atoms with Crippen molar-refractivity contribution in [2.75, 3.05) is 27.2 Å². The average Bonchev–Trinajstić information content (AvgIpc) is 2.89. The molecule has 2 unspecified atom stereocenters. The SMILES string of the molecule is CCCC(CN1C[C@H](C(=O)N(C)C)C[C@@H]1C(=O)O)C(C)NC(C)=O.Cl. The number of aliphatic carboxylic acids is 1. The number of hydrogen-bond acceptors (Lipinski definition) is 4. The fourth-order valence-corrected chi connectivity index (χ4v) is 3.52. The Bertz CT molecular complexity index is 473. The molecule has 25 heavy (non-hydrogen) atoms. The summed E-state index contributed by atoms with van der Waals surface area (Å²) in [6.45, 7) is 6.55. The van der Waals surface area contributed by atoms with Crippen molar-refractivity contribution in [1.29, 1.82) is 0 Å². The lowest BCUT2D eigenvalue weighted by Crippen LogP contribution is -2.45. The molecule has 1 aliphatic heterocycles. The summed E-state index contributed by atoms with van der Waals surface area (Å²) in [5, 5.41) is 12.4. The van der Waals surface area contributed by atoms with Crippen LogP contribution in [0, 0.1) is 11.8 Å². The maximum Gasteiger partial charge on any atom is 0.320 e. The lowest BCUT2D eigenvalue weighted by molar-refractivity contribution is -0.142. The van der Waals surface area contributed by atoms with Gasteiger partial charge in [-0.15, -0.1) is 12.4 Å². The first-order valence-corrected chi connectivity index (χ1v) is 8.62.